The average Bonchev–Trinajstić information content (AvgIpc) is 2.89. The maximum Gasteiger partial charge on any atom is 0.0555 e. The van der Waals surface area contributed by atoms with E-state index >= 15 is 0 Å². The summed E-state index contributed by atoms with van der Waals surface area (Å²) in [6, 6.07) is 8.55. The Morgan fingerprint density at radius 1 is 1.30 bits per heavy atom. The molecule has 0 spiro atoms. The van der Waals surface area contributed by atoms with Crippen LogP contribution in [0.3, 0.4) is 0 Å². The van der Waals surface area contributed by atoms with E-state index in [9.17, 15) is 0 Å². The minimum absolute atomic E-state index is 0.422. The normalized spacial score (nSPS) is 17.8. The zero-order chi connectivity index (χ0) is 14.4. The molecule has 2 rings (SSSR count). The van der Waals surface area contributed by atoms with Crippen molar-refractivity contribution in [1.82, 2.24) is 4.90 Å². The summed E-state index contributed by atoms with van der Waals surface area (Å²) in [5, 5.41) is 0. The fourth-order valence-corrected chi connectivity index (χ4v) is 3.15. The minimum atomic E-state index is 0.422. The molecule has 1 saturated heterocycles. The van der Waals surface area contributed by atoms with Gasteiger partial charge in [0.05, 0.1) is 6.54 Å². The summed E-state index contributed by atoms with van der Waals surface area (Å²) < 4.78 is 0. The molecule has 1 aromatic rings. The van der Waals surface area contributed by atoms with Crippen LogP contribution in [0.2, 0.25) is 0 Å². The maximum atomic E-state index is 5.43. The first kappa shape index (κ1) is 15.1. The number of nitrogens with two attached hydrogens (primary N) is 1. The zero-order valence-corrected chi connectivity index (χ0v) is 12.8. The topological polar surface area (TPSA) is 29.3 Å². The lowest BCUT2D eigenvalue weighted by molar-refractivity contribution is 0.236. The average molecular weight is 270 g/mol. The first-order valence-electron chi connectivity index (χ1n) is 7.71. The van der Waals surface area contributed by atoms with Crippen LogP contribution in [0.4, 0.5) is 0 Å². The molecule has 1 fully saturated rings. The Bertz CT molecular complexity index is 492. The fourth-order valence-electron chi connectivity index (χ4n) is 3.15. The molecule has 20 heavy (non-hydrogen) atoms. The van der Waals surface area contributed by atoms with Gasteiger partial charge in [-0.15, -0.1) is 0 Å². The molecule has 1 aliphatic rings. The molecule has 2 N–H and O–H groups in total. The van der Waals surface area contributed by atoms with Crippen molar-refractivity contribution in [3.05, 3.63) is 35.4 Å². The summed E-state index contributed by atoms with van der Waals surface area (Å²) in [4.78, 5) is 2.59. The molecule has 0 aromatic heterocycles. The fraction of sp³-hybridized carbons (Fsp3) is 0.556. The number of nitrogens with zero attached hydrogens (tertiary/aromatic N) is 1. The standard InChI is InChI=1S/C18H26N2/c1-3-18(4-2)10-12-20(15-18)14-17-8-5-7-16(13-17)9-6-11-19/h5,7-8,13H,3-4,10-12,14-15,19H2,1-2H3. The van der Waals surface area contributed by atoms with Gasteiger partial charge in [0.15, 0.2) is 0 Å². The highest BCUT2D eigenvalue weighted by Gasteiger charge is 2.34. The third kappa shape index (κ3) is 3.62. The van der Waals surface area contributed by atoms with Crippen molar-refractivity contribution in [3.63, 3.8) is 0 Å². The lowest BCUT2D eigenvalue weighted by atomic mass is 9.82. The Kier molecular flexibility index (Phi) is 5.23. The summed E-state index contributed by atoms with van der Waals surface area (Å²) in [6.07, 6.45) is 3.93. The van der Waals surface area contributed by atoms with Gasteiger partial charge >= 0.3 is 0 Å². The van der Waals surface area contributed by atoms with E-state index in [0.29, 0.717) is 12.0 Å². The quantitative estimate of drug-likeness (QED) is 0.852. The van der Waals surface area contributed by atoms with Crippen molar-refractivity contribution >= 4 is 0 Å². The zero-order valence-electron chi connectivity index (χ0n) is 12.8. The molecule has 0 amide bonds. The van der Waals surface area contributed by atoms with Crippen molar-refractivity contribution in [2.24, 2.45) is 11.1 Å². The van der Waals surface area contributed by atoms with Gasteiger partial charge in [0.1, 0.15) is 0 Å². The van der Waals surface area contributed by atoms with Crippen LogP contribution in [-0.2, 0) is 6.54 Å². The van der Waals surface area contributed by atoms with Crippen LogP contribution in [0, 0.1) is 17.3 Å². The summed E-state index contributed by atoms with van der Waals surface area (Å²) in [7, 11) is 0. The minimum Gasteiger partial charge on any atom is -0.320 e. The van der Waals surface area contributed by atoms with E-state index in [1.165, 1.54) is 37.9 Å². The molecular weight excluding hydrogens is 244 g/mol. The van der Waals surface area contributed by atoms with Gasteiger partial charge < -0.3 is 5.73 Å². The Morgan fingerprint density at radius 3 is 2.75 bits per heavy atom. The van der Waals surface area contributed by atoms with Crippen LogP contribution in [-0.4, -0.2) is 24.5 Å². The van der Waals surface area contributed by atoms with E-state index in [2.05, 4.69) is 54.9 Å². The molecule has 2 nitrogen and oxygen atoms in total. The second kappa shape index (κ2) is 6.92. The smallest absolute Gasteiger partial charge is 0.0555 e. The SMILES string of the molecule is CCC1(CC)CCN(Cc2cccc(C#CCN)c2)C1. The highest BCUT2D eigenvalue weighted by molar-refractivity contribution is 5.37. The monoisotopic (exact) mass is 270 g/mol. The van der Waals surface area contributed by atoms with Gasteiger partial charge in [-0.25, -0.2) is 0 Å². The molecule has 108 valence electrons. The highest BCUT2D eigenvalue weighted by atomic mass is 15.2. The van der Waals surface area contributed by atoms with Crippen LogP contribution in [0.15, 0.2) is 24.3 Å². The van der Waals surface area contributed by atoms with Gasteiger partial charge in [-0.05, 0) is 48.9 Å². The first-order valence-corrected chi connectivity index (χ1v) is 7.71. The lowest BCUT2D eigenvalue weighted by Crippen LogP contribution is -2.26. The van der Waals surface area contributed by atoms with E-state index in [-0.39, 0.29) is 0 Å². The van der Waals surface area contributed by atoms with Crippen LogP contribution in [0.1, 0.15) is 44.2 Å². The number of hydrogen-bond acceptors (Lipinski definition) is 2. The Balaban J connectivity index is 2.01. The van der Waals surface area contributed by atoms with E-state index < -0.39 is 0 Å². The van der Waals surface area contributed by atoms with Crippen molar-refractivity contribution in [3.8, 4) is 11.8 Å². The van der Waals surface area contributed by atoms with Crippen molar-refractivity contribution in [2.75, 3.05) is 19.6 Å². The van der Waals surface area contributed by atoms with Gasteiger partial charge in [-0.2, -0.15) is 0 Å². The summed E-state index contributed by atoms with van der Waals surface area (Å²) >= 11 is 0. The van der Waals surface area contributed by atoms with Crippen molar-refractivity contribution in [2.45, 2.75) is 39.7 Å². The molecule has 0 radical (unpaired) electrons. The van der Waals surface area contributed by atoms with E-state index in [1.54, 1.807) is 0 Å². The van der Waals surface area contributed by atoms with Crippen molar-refractivity contribution < 1.29 is 0 Å². The van der Waals surface area contributed by atoms with E-state index in [1.807, 2.05) is 0 Å². The van der Waals surface area contributed by atoms with Crippen LogP contribution in [0.5, 0.6) is 0 Å². The van der Waals surface area contributed by atoms with Gasteiger partial charge in [-0.1, -0.05) is 37.8 Å². The third-order valence-electron chi connectivity index (χ3n) is 4.69. The predicted octanol–water partition coefficient (Wildman–Crippen LogP) is 3.01. The Morgan fingerprint density at radius 2 is 2.10 bits per heavy atom. The van der Waals surface area contributed by atoms with Crippen LogP contribution >= 0.6 is 0 Å². The van der Waals surface area contributed by atoms with Gasteiger partial charge in [0.2, 0.25) is 0 Å². The molecule has 1 heterocycles. The second-order valence-electron chi connectivity index (χ2n) is 5.87. The maximum absolute atomic E-state index is 5.43. The molecule has 2 heteroatoms. The molecule has 0 saturated carbocycles. The Hall–Kier alpha value is -1.30. The highest BCUT2D eigenvalue weighted by Crippen LogP contribution is 2.37. The Labute approximate surface area is 123 Å². The first-order chi connectivity index (χ1) is 9.71. The van der Waals surface area contributed by atoms with Crippen molar-refractivity contribution in [1.29, 1.82) is 0 Å². The van der Waals surface area contributed by atoms with Crippen LogP contribution < -0.4 is 5.73 Å². The van der Waals surface area contributed by atoms with E-state index in [4.69, 9.17) is 5.73 Å². The molecule has 0 aliphatic carbocycles. The molecular formula is C18H26N2. The molecule has 1 aromatic carbocycles. The lowest BCUT2D eigenvalue weighted by Gasteiger charge is -2.26. The summed E-state index contributed by atoms with van der Waals surface area (Å²) in [5.41, 5.74) is 8.41. The molecule has 1 aliphatic heterocycles. The van der Waals surface area contributed by atoms with Crippen LogP contribution in [0.25, 0.3) is 0 Å². The molecule has 0 unspecified atom stereocenters. The third-order valence-corrected chi connectivity index (χ3v) is 4.69. The number of rotatable bonds is 4. The molecule has 0 atom stereocenters. The predicted molar refractivity (Wildman–Crippen MR) is 85.3 cm³/mol. The summed E-state index contributed by atoms with van der Waals surface area (Å²) in [6.45, 7) is 8.58. The number of hydrogen-bond donors (Lipinski definition) is 1. The summed E-state index contributed by atoms with van der Waals surface area (Å²) in [5.74, 6) is 6.04. The van der Waals surface area contributed by atoms with Gasteiger partial charge in [0.25, 0.3) is 0 Å². The van der Waals surface area contributed by atoms with Gasteiger partial charge in [0, 0.05) is 18.7 Å². The molecule has 0 bridgehead atoms. The van der Waals surface area contributed by atoms with E-state index in [0.717, 1.165) is 12.1 Å². The van der Waals surface area contributed by atoms with Gasteiger partial charge in [-0.3, -0.25) is 4.90 Å². The number of likely N-dealkylation sites (tertiary alicyclic amines) is 1. The number of benzene rings is 1. The second-order valence-corrected chi connectivity index (χ2v) is 5.87. The largest absolute Gasteiger partial charge is 0.320 e.